The third-order valence-corrected chi connectivity index (χ3v) is 6.97. The first-order valence-electron chi connectivity index (χ1n) is 6.93. The molecular formula is C14H23N3S2. The largest absolute Gasteiger partial charge is 0.327 e. The van der Waals surface area contributed by atoms with Gasteiger partial charge in [-0.3, -0.25) is 0 Å². The van der Waals surface area contributed by atoms with Gasteiger partial charge >= 0.3 is 0 Å². The van der Waals surface area contributed by atoms with Crippen molar-refractivity contribution < 1.29 is 0 Å². The maximum absolute atomic E-state index is 5.96. The molecule has 1 aliphatic heterocycles. The summed E-state index contributed by atoms with van der Waals surface area (Å²) >= 11 is 4.03. The van der Waals surface area contributed by atoms with E-state index in [-0.39, 0.29) is 6.04 Å². The van der Waals surface area contributed by atoms with Gasteiger partial charge in [-0.1, -0.05) is 20.8 Å². The topological polar surface area (TPSA) is 51.8 Å². The Kier molecular flexibility index (Phi) is 5.54. The van der Waals surface area contributed by atoms with Crippen LogP contribution in [-0.4, -0.2) is 32.3 Å². The maximum atomic E-state index is 5.96. The van der Waals surface area contributed by atoms with Gasteiger partial charge in [0.15, 0.2) is 0 Å². The number of nitrogens with two attached hydrogens (primary N) is 1. The predicted molar refractivity (Wildman–Crippen MR) is 85.7 cm³/mol. The number of thioether (sulfide) groups is 2. The molecule has 1 aliphatic rings. The zero-order valence-corrected chi connectivity index (χ0v) is 13.5. The summed E-state index contributed by atoms with van der Waals surface area (Å²) in [6, 6.07) is 0.218. The SMILES string of the molecule is CCC(N)Cc1cnc(C2CSC(C)C(C)S2)nc1. The minimum Gasteiger partial charge on any atom is -0.327 e. The first kappa shape index (κ1) is 15.1. The summed E-state index contributed by atoms with van der Waals surface area (Å²) in [5, 5.41) is 1.83. The maximum Gasteiger partial charge on any atom is 0.142 e. The van der Waals surface area contributed by atoms with Gasteiger partial charge in [0, 0.05) is 34.7 Å². The minimum absolute atomic E-state index is 0.218. The lowest BCUT2D eigenvalue weighted by Gasteiger charge is -2.30. The van der Waals surface area contributed by atoms with Crippen molar-refractivity contribution in [3.8, 4) is 0 Å². The molecule has 106 valence electrons. The van der Waals surface area contributed by atoms with Crippen LogP contribution in [0.15, 0.2) is 12.4 Å². The molecule has 0 bridgehead atoms. The highest BCUT2D eigenvalue weighted by molar-refractivity contribution is 8.07. The van der Waals surface area contributed by atoms with Crippen molar-refractivity contribution in [2.75, 3.05) is 5.75 Å². The molecule has 1 fully saturated rings. The Morgan fingerprint density at radius 2 is 2.00 bits per heavy atom. The smallest absolute Gasteiger partial charge is 0.142 e. The van der Waals surface area contributed by atoms with Gasteiger partial charge in [0.1, 0.15) is 5.82 Å². The molecule has 2 heterocycles. The summed E-state index contributed by atoms with van der Waals surface area (Å²) in [5.41, 5.74) is 7.10. The summed E-state index contributed by atoms with van der Waals surface area (Å²) in [7, 11) is 0. The van der Waals surface area contributed by atoms with E-state index < -0.39 is 0 Å². The molecule has 19 heavy (non-hydrogen) atoms. The van der Waals surface area contributed by atoms with Gasteiger partial charge in [0.2, 0.25) is 0 Å². The molecule has 0 aromatic carbocycles. The number of hydrogen-bond donors (Lipinski definition) is 1. The molecule has 1 aromatic rings. The Labute approximate surface area is 124 Å². The fourth-order valence-electron chi connectivity index (χ4n) is 2.00. The van der Waals surface area contributed by atoms with Gasteiger partial charge in [-0.2, -0.15) is 11.8 Å². The molecule has 2 rings (SSSR count). The van der Waals surface area contributed by atoms with E-state index in [1.165, 1.54) is 0 Å². The van der Waals surface area contributed by atoms with E-state index in [1.54, 1.807) is 0 Å². The zero-order valence-electron chi connectivity index (χ0n) is 11.9. The van der Waals surface area contributed by atoms with Crippen LogP contribution in [0, 0.1) is 0 Å². The van der Waals surface area contributed by atoms with Crippen LogP contribution in [0.1, 0.15) is 43.8 Å². The Morgan fingerprint density at radius 1 is 1.32 bits per heavy atom. The van der Waals surface area contributed by atoms with Crippen LogP contribution < -0.4 is 5.73 Å². The van der Waals surface area contributed by atoms with Crippen molar-refractivity contribution in [2.45, 2.75) is 55.4 Å². The van der Waals surface area contributed by atoms with Crippen molar-refractivity contribution in [3.05, 3.63) is 23.8 Å². The Hall–Kier alpha value is -0.260. The molecule has 4 atom stereocenters. The van der Waals surface area contributed by atoms with Crippen molar-refractivity contribution >= 4 is 23.5 Å². The molecule has 3 nitrogen and oxygen atoms in total. The summed E-state index contributed by atoms with van der Waals surface area (Å²) in [4.78, 5) is 9.10. The van der Waals surface area contributed by atoms with Crippen LogP contribution in [0.5, 0.6) is 0 Å². The second kappa shape index (κ2) is 6.95. The van der Waals surface area contributed by atoms with Crippen molar-refractivity contribution in [1.29, 1.82) is 0 Å². The molecule has 0 spiro atoms. The Balaban J connectivity index is 1.98. The first-order chi connectivity index (χ1) is 9.10. The van der Waals surface area contributed by atoms with Crippen LogP contribution >= 0.6 is 23.5 Å². The number of nitrogens with zero attached hydrogens (tertiary/aromatic N) is 2. The molecular weight excluding hydrogens is 274 g/mol. The molecule has 0 amide bonds. The first-order valence-corrected chi connectivity index (χ1v) is 8.92. The van der Waals surface area contributed by atoms with Crippen molar-refractivity contribution in [2.24, 2.45) is 5.73 Å². The standard InChI is InChI=1S/C14H23N3S2/c1-4-12(15)5-11-6-16-14(17-7-11)13-8-18-9(2)10(3)19-13/h6-7,9-10,12-13H,4-5,8,15H2,1-3H3. The number of aromatic nitrogens is 2. The van der Waals surface area contributed by atoms with E-state index in [4.69, 9.17) is 5.73 Å². The van der Waals surface area contributed by atoms with Gasteiger partial charge < -0.3 is 5.73 Å². The Morgan fingerprint density at radius 3 is 2.58 bits per heavy atom. The summed E-state index contributed by atoms with van der Waals surface area (Å²) in [5.74, 6) is 2.09. The van der Waals surface area contributed by atoms with E-state index in [9.17, 15) is 0 Å². The lowest BCUT2D eigenvalue weighted by Crippen LogP contribution is -2.23. The predicted octanol–water partition coefficient (Wildman–Crippen LogP) is 3.05. The fraction of sp³-hybridized carbons (Fsp3) is 0.714. The third kappa shape index (κ3) is 4.10. The summed E-state index contributed by atoms with van der Waals surface area (Å²) < 4.78 is 0. The second-order valence-electron chi connectivity index (χ2n) is 5.19. The molecule has 0 aliphatic carbocycles. The average molecular weight is 297 g/mol. The molecule has 5 heteroatoms. The lowest BCUT2D eigenvalue weighted by atomic mass is 10.1. The van der Waals surface area contributed by atoms with E-state index in [2.05, 4.69) is 30.7 Å². The summed E-state index contributed by atoms with van der Waals surface area (Å²) in [6.07, 6.45) is 5.76. The van der Waals surface area contributed by atoms with Crippen LogP contribution in [0.3, 0.4) is 0 Å². The molecule has 1 saturated heterocycles. The van der Waals surface area contributed by atoms with E-state index in [1.807, 2.05) is 35.9 Å². The van der Waals surface area contributed by atoms with Crippen molar-refractivity contribution in [3.63, 3.8) is 0 Å². The van der Waals surface area contributed by atoms with Gasteiger partial charge in [0.05, 0.1) is 5.25 Å². The van der Waals surface area contributed by atoms with Crippen LogP contribution in [0.25, 0.3) is 0 Å². The molecule has 0 radical (unpaired) electrons. The Bertz CT molecular complexity index is 396. The van der Waals surface area contributed by atoms with Gasteiger partial charge in [-0.15, -0.1) is 11.8 Å². The lowest BCUT2D eigenvalue weighted by molar-refractivity contribution is 0.642. The third-order valence-electron chi connectivity index (χ3n) is 3.59. The highest BCUT2D eigenvalue weighted by Gasteiger charge is 2.28. The molecule has 0 saturated carbocycles. The van der Waals surface area contributed by atoms with Gasteiger partial charge in [0.25, 0.3) is 0 Å². The molecule has 1 aromatic heterocycles. The van der Waals surface area contributed by atoms with Crippen LogP contribution in [-0.2, 0) is 6.42 Å². The van der Waals surface area contributed by atoms with Crippen molar-refractivity contribution in [1.82, 2.24) is 9.97 Å². The van der Waals surface area contributed by atoms with Gasteiger partial charge in [-0.05, 0) is 18.4 Å². The van der Waals surface area contributed by atoms with Crippen LogP contribution in [0.2, 0.25) is 0 Å². The van der Waals surface area contributed by atoms with E-state index >= 15 is 0 Å². The zero-order chi connectivity index (χ0) is 13.8. The van der Waals surface area contributed by atoms with Crippen LogP contribution in [0.4, 0.5) is 0 Å². The number of rotatable bonds is 4. The summed E-state index contributed by atoms with van der Waals surface area (Å²) in [6.45, 7) is 6.70. The van der Waals surface area contributed by atoms with E-state index in [0.29, 0.717) is 10.5 Å². The highest BCUT2D eigenvalue weighted by atomic mass is 32.2. The number of hydrogen-bond acceptors (Lipinski definition) is 5. The highest BCUT2D eigenvalue weighted by Crippen LogP contribution is 2.42. The average Bonchev–Trinajstić information content (AvgIpc) is 2.42. The monoisotopic (exact) mass is 297 g/mol. The molecule has 2 N–H and O–H groups in total. The fourth-order valence-corrected chi connectivity index (χ4v) is 4.86. The minimum atomic E-state index is 0.218. The van der Waals surface area contributed by atoms with E-state index in [0.717, 1.165) is 35.2 Å². The quantitative estimate of drug-likeness (QED) is 0.925. The second-order valence-corrected chi connectivity index (χ2v) is 8.19. The molecule has 4 unspecified atom stereocenters. The normalized spacial score (nSPS) is 29.2. The van der Waals surface area contributed by atoms with Gasteiger partial charge in [-0.25, -0.2) is 9.97 Å².